The Morgan fingerprint density at radius 3 is 2.71 bits per heavy atom. The van der Waals surface area contributed by atoms with Crippen LogP contribution in [0.1, 0.15) is 33.4 Å². The van der Waals surface area contributed by atoms with Crippen molar-refractivity contribution in [3.05, 3.63) is 48.8 Å². The Morgan fingerprint density at radius 1 is 1.23 bits per heavy atom. The molecule has 0 aliphatic carbocycles. The van der Waals surface area contributed by atoms with Crippen LogP contribution < -0.4 is 9.80 Å². The summed E-state index contributed by atoms with van der Waals surface area (Å²) in [4.78, 5) is 35.5. The van der Waals surface area contributed by atoms with E-state index in [1.54, 1.807) is 28.5 Å². The summed E-state index contributed by atoms with van der Waals surface area (Å²) < 4.78 is 7.27. The van der Waals surface area contributed by atoms with Gasteiger partial charge in [-0.05, 0) is 38.5 Å². The van der Waals surface area contributed by atoms with Gasteiger partial charge in [-0.3, -0.25) is 14.4 Å². The first-order valence-electron chi connectivity index (χ1n) is 10.3. The zero-order chi connectivity index (χ0) is 22.1. The molecule has 1 atom stereocenters. The quantitative estimate of drug-likeness (QED) is 0.695. The van der Waals surface area contributed by atoms with Gasteiger partial charge < -0.3 is 14.6 Å². The van der Waals surface area contributed by atoms with Gasteiger partial charge in [0.25, 0.3) is 0 Å². The van der Waals surface area contributed by atoms with Gasteiger partial charge in [-0.15, -0.1) is 0 Å². The fourth-order valence-electron chi connectivity index (χ4n) is 3.87. The van der Waals surface area contributed by atoms with Crippen LogP contribution in [-0.4, -0.2) is 50.4 Å². The van der Waals surface area contributed by atoms with Crippen molar-refractivity contribution in [3.63, 3.8) is 0 Å². The van der Waals surface area contributed by atoms with E-state index in [4.69, 9.17) is 4.74 Å². The molecule has 2 aromatic heterocycles. The molecule has 162 valence electrons. The first kappa shape index (κ1) is 20.6. The molecular weight excluding hydrogens is 396 g/mol. The molecule has 0 radical (unpaired) electrons. The van der Waals surface area contributed by atoms with Crippen LogP contribution in [0.3, 0.4) is 0 Å². The highest BCUT2D eigenvalue weighted by molar-refractivity contribution is 6.03. The third-order valence-corrected chi connectivity index (χ3v) is 5.16. The number of benzene rings is 1. The number of H-pyrrole nitrogens is 1. The molecule has 2 amide bonds. The van der Waals surface area contributed by atoms with Crippen molar-refractivity contribution in [1.29, 1.82) is 0 Å². The highest BCUT2D eigenvalue weighted by atomic mass is 16.6. The van der Waals surface area contributed by atoms with Gasteiger partial charge in [0, 0.05) is 31.4 Å². The second-order valence-electron chi connectivity index (χ2n) is 7.99. The molecule has 0 fully saturated rings. The molecule has 0 unspecified atom stereocenters. The summed E-state index contributed by atoms with van der Waals surface area (Å²) in [5.74, 6) is -0.0641. The number of nitrogens with zero attached hydrogens (tertiary/aromatic N) is 5. The standard InChI is InChI=1S/C22H26N6O3/c1-14(2)31-22(30)27-10-15(3)28(16(4)29)20-6-5-17(7-21(20)27)18-8-25-26(11-18)12-19-9-23-13-24-19/h5-9,11,13-15H,10,12H2,1-4H3,(H,23,24)/t15-/m0/s1. The highest BCUT2D eigenvalue weighted by Gasteiger charge is 2.34. The first-order valence-corrected chi connectivity index (χ1v) is 10.3. The molecule has 9 nitrogen and oxygen atoms in total. The maximum atomic E-state index is 12.8. The molecule has 9 heteroatoms. The van der Waals surface area contributed by atoms with Crippen LogP contribution in [0.25, 0.3) is 11.1 Å². The maximum Gasteiger partial charge on any atom is 0.414 e. The van der Waals surface area contributed by atoms with Crippen LogP contribution in [0.5, 0.6) is 0 Å². The molecule has 3 aromatic rings. The summed E-state index contributed by atoms with van der Waals surface area (Å²) in [7, 11) is 0. The predicted molar refractivity (Wildman–Crippen MR) is 117 cm³/mol. The Kier molecular flexibility index (Phi) is 5.50. The number of nitrogens with one attached hydrogen (secondary N) is 1. The molecule has 0 spiro atoms. The molecule has 0 saturated carbocycles. The minimum Gasteiger partial charge on any atom is -0.446 e. The lowest BCUT2D eigenvalue weighted by atomic mass is 10.0. The largest absolute Gasteiger partial charge is 0.446 e. The van der Waals surface area contributed by atoms with E-state index in [0.29, 0.717) is 24.5 Å². The van der Waals surface area contributed by atoms with E-state index in [-0.39, 0.29) is 18.1 Å². The minimum atomic E-state index is -0.418. The molecule has 1 N–H and O–H groups in total. The lowest BCUT2D eigenvalue weighted by molar-refractivity contribution is -0.117. The van der Waals surface area contributed by atoms with Crippen molar-refractivity contribution >= 4 is 23.4 Å². The molecule has 0 bridgehead atoms. The van der Waals surface area contributed by atoms with Gasteiger partial charge in [0.05, 0.1) is 48.3 Å². The molecule has 1 aromatic carbocycles. The second kappa shape index (κ2) is 8.25. The zero-order valence-electron chi connectivity index (χ0n) is 18.1. The smallest absolute Gasteiger partial charge is 0.414 e. The molecular formula is C22H26N6O3. The van der Waals surface area contributed by atoms with Crippen LogP contribution >= 0.6 is 0 Å². The average Bonchev–Trinajstić information content (AvgIpc) is 3.38. The lowest BCUT2D eigenvalue weighted by Gasteiger charge is -2.40. The Hall–Kier alpha value is -3.62. The summed E-state index contributed by atoms with van der Waals surface area (Å²) in [5, 5.41) is 4.43. The number of aromatic nitrogens is 4. The first-order chi connectivity index (χ1) is 14.8. The van der Waals surface area contributed by atoms with Gasteiger partial charge in [-0.1, -0.05) is 6.07 Å². The van der Waals surface area contributed by atoms with Crippen molar-refractivity contribution in [2.45, 2.75) is 46.4 Å². The number of amides is 2. The van der Waals surface area contributed by atoms with Crippen LogP contribution in [0.15, 0.2) is 43.1 Å². The van der Waals surface area contributed by atoms with Gasteiger partial charge in [0.15, 0.2) is 0 Å². The van der Waals surface area contributed by atoms with E-state index in [2.05, 4.69) is 15.1 Å². The summed E-state index contributed by atoms with van der Waals surface area (Å²) in [5.41, 5.74) is 4.11. The van der Waals surface area contributed by atoms with E-state index in [0.717, 1.165) is 16.8 Å². The third kappa shape index (κ3) is 4.16. The van der Waals surface area contributed by atoms with Crippen molar-refractivity contribution in [1.82, 2.24) is 19.7 Å². The number of rotatable bonds is 4. The van der Waals surface area contributed by atoms with E-state index < -0.39 is 6.09 Å². The number of aromatic amines is 1. The molecule has 4 rings (SSSR count). The van der Waals surface area contributed by atoms with Gasteiger partial charge >= 0.3 is 6.09 Å². The normalized spacial score (nSPS) is 15.8. The average molecular weight is 422 g/mol. The number of carbonyl (C=O) groups is 2. The number of imidazole rings is 1. The Bertz CT molecular complexity index is 1090. The van der Waals surface area contributed by atoms with Crippen LogP contribution in [-0.2, 0) is 16.1 Å². The summed E-state index contributed by atoms with van der Waals surface area (Å²) in [6.07, 6.45) is 6.46. The Balaban J connectivity index is 1.70. The molecule has 1 aliphatic heterocycles. The fraction of sp³-hybridized carbons (Fsp3) is 0.364. The van der Waals surface area contributed by atoms with Gasteiger partial charge in [-0.25, -0.2) is 9.78 Å². The maximum absolute atomic E-state index is 12.8. The molecule has 3 heterocycles. The monoisotopic (exact) mass is 422 g/mol. The number of ether oxygens (including phenoxy) is 1. The van der Waals surface area contributed by atoms with Crippen LogP contribution in [0, 0.1) is 0 Å². The van der Waals surface area contributed by atoms with Crippen molar-refractivity contribution in [2.75, 3.05) is 16.3 Å². The fourth-order valence-corrected chi connectivity index (χ4v) is 3.87. The highest BCUT2D eigenvalue weighted by Crippen LogP contribution is 2.39. The summed E-state index contributed by atoms with van der Waals surface area (Å²) in [6, 6.07) is 5.57. The van der Waals surface area contributed by atoms with Crippen LogP contribution in [0.2, 0.25) is 0 Å². The SMILES string of the molecule is CC(=O)N1c2ccc(-c3cnn(Cc4cnc[nH]4)c3)cc2N(C(=O)OC(C)C)C[C@@H]1C. The topological polar surface area (TPSA) is 96.4 Å². The molecule has 1 aliphatic rings. The third-order valence-electron chi connectivity index (χ3n) is 5.16. The van der Waals surface area contributed by atoms with Crippen molar-refractivity contribution in [2.24, 2.45) is 0 Å². The van der Waals surface area contributed by atoms with Crippen molar-refractivity contribution in [3.8, 4) is 11.1 Å². The Morgan fingerprint density at radius 2 is 2.03 bits per heavy atom. The summed E-state index contributed by atoms with van der Waals surface area (Å²) in [6.45, 7) is 8.04. The van der Waals surface area contributed by atoms with E-state index in [1.807, 2.05) is 49.8 Å². The second-order valence-corrected chi connectivity index (χ2v) is 7.99. The number of carbonyl (C=O) groups excluding carboxylic acids is 2. The van der Waals surface area contributed by atoms with E-state index in [1.165, 1.54) is 6.92 Å². The van der Waals surface area contributed by atoms with Gasteiger partial charge in [-0.2, -0.15) is 5.10 Å². The van der Waals surface area contributed by atoms with E-state index >= 15 is 0 Å². The Labute approximate surface area is 180 Å². The number of hydrogen-bond donors (Lipinski definition) is 1. The lowest BCUT2D eigenvalue weighted by Crippen LogP contribution is -2.51. The van der Waals surface area contributed by atoms with Crippen molar-refractivity contribution < 1.29 is 14.3 Å². The van der Waals surface area contributed by atoms with E-state index in [9.17, 15) is 9.59 Å². The van der Waals surface area contributed by atoms with Crippen LogP contribution in [0.4, 0.5) is 16.2 Å². The number of hydrogen-bond acceptors (Lipinski definition) is 5. The predicted octanol–water partition coefficient (Wildman–Crippen LogP) is 3.43. The van der Waals surface area contributed by atoms with Gasteiger partial charge in [0.1, 0.15) is 0 Å². The number of fused-ring (bicyclic) bond motifs is 1. The summed E-state index contributed by atoms with van der Waals surface area (Å²) >= 11 is 0. The zero-order valence-corrected chi connectivity index (χ0v) is 18.1. The minimum absolute atomic E-state index is 0.0641. The van der Waals surface area contributed by atoms with Gasteiger partial charge in [0.2, 0.25) is 5.91 Å². The number of anilines is 2. The molecule has 31 heavy (non-hydrogen) atoms. The molecule has 0 saturated heterocycles.